The Labute approximate surface area is 176 Å². The summed E-state index contributed by atoms with van der Waals surface area (Å²) in [4.78, 5) is 23.6. The number of fused-ring (bicyclic) bond motifs is 1. The minimum Gasteiger partial charge on any atom is -0.475 e. The lowest BCUT2D eigenvalue weighted by molar-refractivity contribution is -0.0523. The van der Waals surface area contributed by atoms with Crippen LogP contribution >= 0.6 is 0 Å². The summed E-state index contributed by atoms with van der Waals surface area (Å²) in [7, 11) is 0. The first-order valence-corrected chi connectivity index (χ1v) is 11.1. The molecule has 156 valence electrons. The minimum atomic E-state index is -0.0403. The summed E-state index contributed by atoms with van der Waals surface area (Å²) in [6.45, 7) is 1.76. The van der Waals surface area contributed by atoms with Gasteiger partial charge in [-0.25, -0.2) is 4.98 Å². The summed E-state index contributed by atoms with van der Waals surface area (Å²) >= 11 is 0. The Balaban J connectivity index is 1.22. The normalized spacial score (nSPS) is 20.2. The molecule has 0 radical (unpaired) electrons. The Morgan fingerprint density at radius 3 is 2.70 bits per heavy atom. The number of piperidine rings is 1. The summed E-state index contributed by atoms with van der Waals surface area (Å²) in [5.74, 6) is 0.936. The molecule has 0 spiro atoms. The van der Waals surface area contributed by atoms with Crippen LogP contribution in [0, 0.1) is 0 Å². The summed E-state index contributed by atoms with van der Waals surface area (Å²) in [5.41, 5.74) is 1.83. The van der Waals surface area contributed by atoms with Crippen molar-refractivity contribution in [2.45, 2.75) is 63.8 Å². The number of ether oxygens (including phenoxy) is 1. The quantitative estimate of drug-likeness (QED) is 0.626. The number of likely N-dealkylation sites (tertiary alicyclic amines) is 1. The van der Waals surface area contributed by atoms with Crippen LogP contribution in [-0.2, 0) is 13.0 Å². The number of nitrogens with zero attached hydrogens (tertiary/aromatic N) is 4. The third-order valence-electron chi connectivity index (χ3n) is 6.49. The fourth-order valence-corrected chi connectivity index (χ4v) is 4.49. The van der Waals surface area contributed by atoms with Crippen molar-refractivity contribution in [2.24, 2.45) is 0 Å². The van der Waals surface area contributed by atoms with E-state index in [1.807, 2.05) is 0 Å². The van der Waals surface area contributed by atoms with E-state index in [-0.39, 0.29) is 11.8 Å². The molecular formula is C24H28N4O2. The molecular weight excluding hydrogens is 376 g/mol. The van der Waals surface area contributed by atoms with E-state index < -0.39 is 0 Å². The van der Waals surface area contributed by atoms with Crippen LogP contribution in [0.3, 0.4) is 0 Å². The first-order chi connectivity index (χ1) is 14.8. The molecule has 5 rings (SSSR count). The van der Waals surface area contributed by atoms with Crippen LogP contribution in [0.1, 0.15) is 44.1 Å². The molecule has 6 heteroatoms. The third-order valence-corrected chi connectivity index (χ3v) is 6.49. The van der Waals surface area contributed by atoms with Crippen molar-refractivity contribution in [2.75, 3.05) is 6.54 Å². The maximum absolute atomic E-state index is 12.6. The van der Waals surface area contributed by atoms with E-state index >= 15 is 0 Å². The SMILES string of the molecule is O=c1c2cnccc2ncn1CCc1ccc(OC2CCCCN2C2CCC2)cc1. The van der Waals surface area contributed by atoms with Crippen LogP contribution < -0.4 is 10.3 Å². The Bertz CT molecular complexity index is 1060. The largest absolute Gasteiger partial charge is 0.475 e. The topological polar surface area (TPSA) is 60.3 Å². The highest BCUT2D eigenvalue weighted by molar-refractivity contribution is 5.75. The summed E-state index contributed by atoms with van der Waals surface area (Å²) in [5, 5.41) is 0.562. The van der Waals surface area contributed by atoms with Crippen molar-refractivity contribution in [1.29, 1.82) is 0 Å². The first kappa shape index (κ1) is 19.2. The molecule has 1 saturated heterocycles. The summed E-state index contributed by atoms with van der Waals surface area (Å²) in [6, 6.07) is 10.8. The average molecular weight is 405 g/mol. The molecule has 3 aromatic rings. The van der Waals surface area contributed by atoms with Crippen molar-refractivity contribution in [3.8, 4) is 5.75 Å². The number of hydrogen-bond donors (Lipinski definition) is 0. The maximum Gasteiger partial charge on any atom is 0.262 e. The zero-order valence-corrected chi connectivity index (χ0v) is 17.2. The van der Waals surface area contributed by atoms with Gasteiger partial charge in [-0.2, -0.15) is 0 Å². The zero-order valence-electron chi connectivity index (χ0n) is 17.2. The van der Waals surface area contributed by atoms with Gasteiger partial charge in [-0.05, 0) is 62.3 Å². The molecule has 2 fully saturated rings. The molecule has 1 aliphatic heterocycles. The predicted molar refractivity (Wildman–Crippen MR) is 117 cm³/mol. The molecule has 30 heavy (non-hydrogen) atoms. The first-order valence-electron chi connectivity index (χ1n) is 11.1. The Morgan fingerprint density at radius 1 is 1.03 bits per heavy atom. The van der Waals surface area contributed by atoms with Gasteiger partial charge >= 0.3 is 0 Å². The fourth-order valence-electron chi connectivity index (χ4n) is 4.49. The minimum absolute atomic E-state index is 0.0403. The summed E-state index contributed by atoms with van der Waals surface area (Å²) in [6.07, 6.45) is 13.5. The van der Waals surface area contributed by atoms with Crippen LogP contribution in [0.2, 0.25) is 0 Å². The van der Waals surface area contributed by atoms with Gasteiger partial charge in [-0.1, -0.05) is 18.6 Å². The van der Waals surface area contributed by atoms with Gasteiger partial charge in [0, 0.05) is 31.5 Å². The Hall–Kier alpha value is -2.73. The molecule has 0 N–H and O–H groups in total. The molecule has 6 nitrogen and oxygen atoms in total. The molecule has 1 saturated carbocycles. The number of aryl methyl sites for hydroxylation is 2. The van der Waals surface area contributed by atoms with Crippen LogP contribution in [0.25, 0.3) is 10.9 Å². The molecule has 0 amide bonds. The number of rotatable bonds is 6. The Morgan fingerprint density at radius 2 is 1.90 bits per heavy atom. The highest BCUT2D eigenvalue weighted by atomic mass is 16.5. The van der Waals surface area contributed by atoms with Gasteiger partial charge in [0.25, 0.3) is 5.56 Å². The van der Waals surface area contributed by atoms with E-state index in [9.17, 15) is 4.79 Å². The molecule has 1 unspecified atom stereocenters. The van der Waals surface area contributed by atoms with Crippen LogP contribution in [0.15, 0.2) is 53.8 Å². The maximum atomic E-state index is 12.6. The standard InChI is InChI=1S/C24H28N4O2/c29-24-21-16-25-13-11-22(21)26-17-27(24)15-12-18-7-9-20(10-8-18)30-23-6-1-2-14-28(23)19-4-3-5-19/h7-11,13,16-17,19,23H,1-6,12,14-15H2. The van der Waals surface area contributed by atoms with E-state index in [2.05, 4.69) is 39.1 Å². The Kier molecular flexibility index (Phi) is 5.49. The van der Waals surface area contributed by atoms with Gasteiger partial charge < -0.3 is 4.74 Å². The van der Waals surface area contributed by atoms with Crippen LogP contribution in [0.5, 0.6) is 5.75 Å². The predicted octanol–water partition coefficient (Wildman–Crippen LogP) is 3.78. The number of pyridine rings is 1. The van der Waals surface area contributed by atoms with E-state index in [1.165, 1.54) is 37.7 Å². The van der Waals surface area contributed by atoms with Crippen LogP contribution in [0.4, 0.5) is 0 Å². The van der Waals surface area contributed by atoms with Crippen LogP contribution in [-0.4, -0.2) is 38.2 Å². The third kappa shape index (κ3) is 3.97. The van der Waals surface area contributed by atoms with E-state index in [4.69, 9.17) is 4.74 Å². The zero-order chi connectivity index (χ0) is 20.3. The molecule has 0 bridgehead atoms. The smallest absolute Gasteiger partial charge is 0.262 e. The van der Waals surface area contributed by atoms with E-state index in [1.54, 1.807) is 29.4 Å². The monoisotopic (exact) mass is 404 g/mol. The number of benzene rings is 1. The highest BCUT2D eigenvalue weighted by Gasteiger charge is 2.33. The lowest BCUT2D eigenvalue weighted by atomic mass is 9.89. The van der Waals surface area contributed by atoms with E-state index in [0.29, 0.717) is 17.4 Å². The van der Waals surface area contributed by atoms with E-state index in [0.717, 1.165) is 31.2 Å². The molecule has 1 aliphatic carbocycles. The number of aromatic nitrogens is 3. The van der Waals surface area contributed by atoms with Crippen molar-refractivity contribution in [3.63, 3.8) is 0 Å². The molecule has 1 aromatic carbocycles. The second-order valence-corrected chi connectivity index (χ2v) is 8.42. The summed E-state index contributed by atoms with van der Waals surface area (Å²) < 4.78 is 8.02. The van der Waals surface area contributed by atoms with Gasteiger partial charge in [0.2, 0.25) is 0 Å². The number of hydrogen-bond acceptors (Lipinski definition) is 5. The van der Waals surface area contributed by atoms with Gasteiger partial charge in [0.1, 0.15) is 5.75 Å². The van der Waals surface area contributed by atoms with Gasteiger partial charge in [0.15, 0.2) is 6.23 Å². The van der Waals surface area contributed by atoms with Crippen molar-refractivity contribution in [1.82, 2.24) is 19.4 Å². The molecule has 2 aliphatic rings. The fraction of sp³-hybridized carbons (Fsp3) is 0.458. The van der Waals surface area contributed by atoms with Gasteiger partial charge in [0.05, 0.1) is 17.2 Å². The van der Waals surface area contributed by atoms with Crippen molar-refractivity contribution >= 4 is 10.9 Å². The highest BCUT2D eigenvalue weighted by Crippen LogP contribution is 2.31. The lowest BCUT2D eigenvalue weighted by Crippen LogP contribution is -2.51. The second-order valence-electron chi connectivity index (χ2n) is 8.42. The van der Waals surface area contributed by atoms with Gasteiger partial charge in [-0.3, -0.25) is 19.2 Å². The molecule has 3 heterocycles. The van der Waals surface area contributed by atoms with Gasteiger partial charge in [-0.15, -0.1) is 0 Å². The average Bonchev–Trinajstić information content (AvgIpc) is 2.75. The van der Waals surface area contributed by atoms with Crippen molar-refractivity contribution in [3.05, 3.63) is 65.0 Å². The lowest BCUT2D eigenvalue weighted by Gasteiger charge is -2.44. The second kappa shape index (κ2) is 8.56. The van der Waals surface area contributed by atoms with Crippen molar-refractivity contribution < 1.29 is 4.74 Å². The molecule has 2 aromatic heterocycles. The molecule has 1 atom stereocenters.